The van der Waals surface area contributed by atoms with Gasteiger partial charge in [-0.15, -0.1) is 0 Å². The van der Waals surface area contributed by atoms with Crippen molar-refractivity contribution in [3.8, 4) is 11.5 Å². The predicted octanol–water partition coefficient (Wildman–Crippen LogP) is 2.67. The third-order valence-corrected chi connectivity index (χ3v) is 3.68. The van der Waals surface area contributed by atoms with Crippen molar-refractivity contribution >= 4 is 11.6 Å². The molecule has 2 rings (SSSR count). The Labute approximate surface area is 118 Å². The van der Waals surface area contributed by atoms with Crippen LogP contribution in [0.3, 0.4) is 0 Å². The molecule has 5 heteroatoms. The summed E-state index contributed by atoms with van der Waals surface area (Å²) in [5.74, 6) is 0.420. The molecular formula is C14H20ClNO3. The van der Waals surface area contributed by atoms with Crippen molar-refractivity contribution in [2.24, 2.45) is 0 Å². The van der Waals surface area contributed by atoms with Gasteiger partial charge in [0.25, 0.3) is 0 Å². The molecule has 1 aliphatic heterocycles. The Balaban J connectivity index is 2.08. The molecule has 0 amide bonds. The van der Waals surface area contributed by atoms with Gasteiger partial charge in [-0.2, -0.15) is 0 Å². The second-order valence-electron chi connectivity index (χ2n) is 4.76. The molecule has 1 heterocycles. The van der Waals surface area contributed by atoms with Crippen LogP contribution in [0.5, 0.6) is 11.5 Å². The SMILES string of the molecule is CCC1CN(Cc2cc(Cl)c(O)c(OC)c2)CCO1. The summed E-state index contributed by atoms with van der Waals surface area (Å²) in [7, 11) is 1.52. The topological polar surface area (TPSA) is 41.9 Å². The van der Waals surface area contributed by atoms with Crippen LogP contribution in [0.15, 0.2) is 12.1 Å². The Kier molecular flexibility index (Phi) is 4.91. The first-order chi connectivity index (χ1) is 9.13. The van der Waals surface area contributed by atoms with Crippen molar-refractivity contribution in [2.75, 3.05) is 26.8 Å². The number of aromatic hydroxyl groups is 1. The fourth-order valence-corrected chi connectivity index (χ4v) is 2.54. The number of morpholine rings is 1. The summed E-state index contributed by atoms with van der Waals surface area (Å²) in [5.41, 5.74) is 1.04. The average molecular weight is 286 g/mol. The molecule has 1 aliphatic rings. The monoisotopic (exact) mass is 285 g/mol. The van der Waals surface area contributed by atoms with Gasteiger partial charge in [-0.25, -0.2) is 0 Å². The van der Waals surface area contributed by atoms with Gasteiger partial charge in [0, 0.05) is 19.6 Å². The molecule has 1 aromatic carbocycles. The van der Waals surface area contributed by atoms with E-state index in [4.69, 9.17) is 21.1 Å². The normalized spacial score (nSPS) is 20.5. The van der Waals surface area contributed by atoms with Gasteiger partial charge in [0.15, 0.2) is 11.5 Å². The molecule has 0 saturated carbocycles. The minimum absolute atomic E-state index is 0.00123. The highest BCUT2D eigenvalue weighted by Crippen LogP contribution is 2.35. The highest BCUT2D eigenvalue weighted by atomic mass is 35.5. The Hall–Kier alpha value is -0.970. The number of benzene rings is 1. The van der Waals surface area contributed by atoms with Gasteiger partial charge in [-0.3, -0.25) is 4.90 Å². The number of hydrogen-bond donors (Lipinski definition) is 1. The van der Waals surface area contributed by atoms with Gasteiger partial charge in [-0.05, 0) is 24.1 Å². The zero-order valence-corrected chi connectivity index (χ0v) is 12.1. The van der Waals surface area contributed by atoms with Gasteiger partial charge < -0.3 is 14.6 Å². The molecule has 0 aromatic heterocycles. The van der Waals surface area contributed by atoms with Crippen molar-refractivity contribution in [2.45, 2.75) is 26.0 Å². The van der Waals surface area contributed by atoms with E-state index in [9.17, 15) is 5.11 Å². The van der Waals surface area contributed by atoms with E-state index in [0.717, 1.165) is 38.2 Å². The number of nitrogens with zero attached hydrogens (tertiary/aromatic N) is 1. The second kappa shape index (κ2) is 6.46. The van der Waals surface area contributed by atoms with E-state index < -0.39 is 0 Å². The second-order valence-corrected chi connectivity index (χ2v) is 5.17. The highest BCUT2D eigenvalue weighted by Gasteiger charge is 2.19. The van der Waals surface area contributed by atoms with E-state index in [1.165, 1.54) is 7.11 Å². The standard InChI is InChI=1S/C14H20ClNO3/c1-3-11-9-16(4-5-19-11)8-10-6-12(15)14(17)13(7-10)18-2/h6-7,11,17H,3-5,8-9H2,1-2H3. The molecule has 1 saturated heterocycles. The first kappa shape index (κ1) is 14.4. The van der Waals surface area contributed by atoms with Gasteiger partial charge in [0.1, 0.15) is 0 Å². The smallest absolute Gasteiger partial charge is 0.176 e. The van der Waals surface area contributed by atoms with Crippen LogP contribution < -0.4 is 4.74 Å². The molecule has 0 spiro atoms. The van der Waals surface area contributed by atoms with Gasteiger partial charge >= 0.3 is 0 Å². The van der Waals surface area contributed by atoms with Crippen molar-refractivity contribution < 1.29 is 14.6 Å². The molecular weight excluding hydrogens is 266 g/mol. The molecule has 1 atom stereocenters. The van der Waals surface area contributed by atoms with Crippen LogP contribution in [0, 0.1) is 0 Å². The van der Waals surface area contributed by atoms with Gasteiger partial charge in [0.2, 0.25) is 0 Å². The van der Waals surface area contributed by atoms with Crippen molar-refractivity contribution in [1.82, 2.24) is 4.90 Å². The lowest BCUT2D eigenvalue weighted by molar-refractivity contribution is -0.0324. The summed E-state index contributed by atoms with van der Waals surface area (Å²) in [5, 5.41) is 10.0. The van der Waals surface area contributed by atoms with E-state index in [1.807, 2.05) is 6.07 Å². The highest BCUT2D eigenvalue weighted by molar-refractivity contribution is 6.32. The maximum atomic E-state index is 9.72. The lowest BCUT2D eigenvalue weighted by Gasteiger charge is -2.32. The third kappa shape index (κ3) is 3.53. The maximum absolute atomic E-state index is 9.72. The number of rotatable bonds is 4. The number of hydrogen-bond acceptors (Lipinski definition) is 4. The summed E-state index contributed by atoms with van der Waals surface area (Å²) >= 11 is 6.00. The Bertz CT molecular complexity index is 439. The molecule has 4 nitrogen and oxygen atoms in total. The summed E-state index contributed by atoms with van der Waals surface area (Å²) < 4.78 is 10.8. The summed E-state index contributed by atoms with van der Waals surface area (Å²) in [6.07, 6.45) is 1.33. The van der Waals surface area contributed by atoms with Gasteiger partial charge in [0.05, 0.1) is 24.8 Å². The Morgan fingerprint density at radius 1 is 1.53 bits per heavy atom. The molecule has 1 aromatic rings. The lowest BCUT2D eigenvalue weighted by Crippen LogP contribution is -2.41. The Morgan fingerprint density at radius 2 is 2.32 bits per heavy atom. The van der Waals surface area contributed by atoms with Crippen molar-refractivity contribution in [3.63, 3.8) is 0 Å². The van der Waals surface area contributed by atoms with Crippen LogP contribution in [0.4, 0.5) is 0 Å². The zero-order chi connectivity index (χ0) is 13.8. The Morgan fingerprint density at radius 3 is 3.00 bits per heavy atom. The van der Waals surface area contributed by atoms with Crippen molar-refractivity contribution in [1.29, 1.82) is 0 Å². The molecule has 106 valence electrons. The van der Waals surface area contributed by atoms with E-state index in [-0.39, 0.29) is 5.75 Å². The largest absolute Gasteiger partial charge is 0.503 e. The maximum Gasteiger partial charge on any atom is 0.176 e. The fraction of sp³-hybridized carbons (Fsp3) is 0.571. The summed E-state index contributed by atoms with van der Waals surface area (Å²) in [6, 6.07) is 3.62. The average Bonchev–Trinajstić information content (AvgIpc) is 2.43. The van der Waals surface area contributed by atoms with Crippen molar-refractivity contribution in [3.05, 3.63) is 22.7 Å². The first-order valence-electron chi connectivity index (χ1n) is 6.53. The van der Waals surface area contributed by atoms with Crippen LogP contribution >= 0.6 is 11.6 Å². The van der Waals surface area contributed by atoms with E-state index in [1.54, 1.807) is 6.07 Å². The van der Waals surface area contributed by atoms with Crippen LogP contribution in [0.2, 0.25) is 5.02 Å². The quantitative estimate of drug-likeness (QED) is 0.923. The third-order valence-electron chi connectivity index (χ3n) is 3.39. The zero-order valence-electron chi connectivity index (χ0n) is 11.4. The van der Waals surface area contributed by atoms with Crippen LogP contribution in [0.1, 0.15) is 18.9 Å². The number of halogens is 1. The van der Waals surface area contributed by atoms with Gasteiger partial charge in [-0.1, -0.05) is 18.5 Å². The van der Waals surface area contributed by atoms with E-state index >= 15 is 0 Å². The molecule has 0 radical (unpaired) electrons. The van der Waals surface area contributed by atoms with E-state index in [0.29, 0.717) is 16.9 Å². The minimum Gasteiger partial charge on any atom is -0.503 e. The van der Waals surface area contributed by atoms with Crippen LogP contribution in [-0.4, -0.2) is 42.9 Å². The first-order valence-corrected chi connectivity index (χ1v) is 6.91. The minimum atomic E-state index is 0.00123. The van der Waals surface area contributed by atoms with E-state index in [2.05, 4.69) is 11.8 Å². The van der Waals surface area contributed by atoms with Crippen LogP contribution in [-0.2, 0) is 11.3 Å². The fourth-order valence-electron chi connectivity index (χ4n) is 2.30. The molecule has 1 unspecified atom stereocenters. The molecule has 1 fully saturated rings. The van der Waals surface area contributed by atoms with Crippen LogP contribution in [0.25, 0.3) is 0 Å². The number of ether oxygens (including phenoxy) is 2. The summed E-state index contributed by atoms with van der Waals surface area (Å²) in [6.45, 7) is 5.53. The molecule has 0 aliphatic carbocycles. The molecule has 0 bridgehead atoms. The lowest BCUT2D eigenvalue weighted by atomic mass is 10.1. The number of phenolic OH excluding ortho intramolecular Hbond substituents is 1. The molecule has 19 heavy (non-hydrogen) atoms. The molecule has 1 N–H and O–H groups in total. The number of phenols is 1. The predicted molar refractivity (Wildman–Crippen MR) is 75.0 cm³/mol. The summed E-state index contributed by atoms with van der Waals surface area (Å²) in [4.78, 5) is 2.33. The number of methoxy groups -OCH3 is 1.